The van der Waals surface area contributed by atoms with E-state index in [9.17, 15) is 9.59 Å². The highest BCUT2D eigenvalue weighted by molar-refractivity contribution is 6.00. The Labute approximate surface area is 130 Å². The second-order valence-electron chi connectivity index (χ2n) is 6.23. The molecule has 1 aliphatic heterocycles. The summed E-state index contributed by atoms with van der Waals surface area (Å²) in [6.45, 7) is 5.74. The number of amides is 2. The third kappa shape index (κ3) is 3.28. The quantitative estimate of drug-likeness (QED) is 0.929. The van der Waals surface area contributed by atoms with Gasteiger partial charge in [0.05, 0.1) is 6.07 Å². The molecule has 1 aromatic rings. The van der Waals surface area contributed by atoms with Gasteiger partial charge in [0.2, 0.25) is 11.8 Å². The second kappa shape index (κ2) is 6.18. The number of carbonyl (C=O) groups excluding carboxylic acids is 2. The summed E-state index contributed by atoms with van der Waals surface area (Å²) in [6.07, 6.45) is 1.42. The maximum Gasteiger partial charge on any atom is 0.249 e. The number of nitriles is 1. The first-order valence-corrected chi connectivity index (χ1v) is 7.45. The molecule has 0 radical (unpaired) electrons. The lowest BCUT2D eigenvalue weighted by molar-refractivity contribution is -0.132. The summed E-state index contributed by atoms with van der Waals surface area (Å²) < 4.78 is 0. The Morgan fingerprint density at radius 3 is 2.59 bits per heavy atom. The van der Waals surface area contributed by atoms with Gasteiger partial charge in [0, 0.05) is 12.2 Å². The van der Waals surface area contributed by atoms with Gasteiger partial charge in [-0.2, -0.15) is 5.26 Å². The number of hydrogen-bond donors (Lipinski definition) is 1. The highest BCUT2D eigenvalue weighted by Gasteiger charge is 2.35. The van der Waals surface area contributed by atoms with E-state index in [2.05, 4.69) is 5.32 Å². The van der Waals surface area contributed by atoms with Gasteiger partial charge in [0.15, 0.2) is 0 Å². The molecule has 1 fully saturated rings. The molecule has 0 spiro atoms. The smallest absolute Gasteiger partial charge is 0.249 e. The average Bonchev–Trinajstić information content (AvgIpc) is 2.50. The molecule has 1 atom stereocenters. The van der Waals surface area contributed by atoms with Crippen molar-refractivity contribution >= 4 is 17.5 Å². The lowest BCUT2D eigenvalue weighted by Gasteiger charge is -2.33. The van der Waals surface area contributed by atoms with Crippen LogP contribution in [0.5, 0.6) is 0 Å². The number of hydrogen-bond acceptors (Lipinski definition) is 3. The van der Waals surface area contributed by atoms with Crippen molar-refractivity contribution in [3.05, 3.63) is 29.8 Å². The maximum absolute atomic E-state index is 12.6. The van der Waals surface area contributed by atoms with Crippen LogP contribution in [0.25, 0.3) is 0 Å². The van der Waals surface area contributed by atoms with Gasteiger partial charge in [-0.05, 0) is 45.7 Å². The van der Waals surface area contributed by atoms with Gasteiger partial charge in [-0.15, -0.1) is 0 Å². The van der Waals surface area contributed by atoms with Crippen molar-refractivity contribution < 1.29 is 9.59 Å². The summed E-state index contributed by atoms with van der Waals surface area (Å²) in [5.74, 6) is -0.517. The van der Waals surface area contributed by atoms with E-state index in [0.717, 1.165) is 17.7 Å². The molecule has 116 valence electrons. The van der Waals surface area contributed by atoms with Crippen LogP contribution < -0.4 is 10.2 Å². The van der Waals surface area contributed by atoms with E-state index < -0.39 is 17.4 Å². The van der Waals surface area contributed by atoms with Crippen molar-refractivity contribution in [2.75, 3.05) is 11.4 Å². The van der Waals surface area contributed by atoms with Crippen LogP contribution in [-0.4, -0.2) is 24.4 Å². The Balaban J connectivity index is 2.12. The Bertz CT molecular complexity index is 614. The lowest BCUT2D eigenvalue weighted by Crippen LogP contribution is -2.54. The average molecular weight is 299 g/mol. The predicted molar refractivity (Wildman–Crippen MR) is 84.1 cm³/mol. The molecule has 1 aliphatic rings. The van der Waals surface area contributed by atoms with Gasteiger partial charge < -0.3 is 10.2 Å². The lowest BCUT2D eigenvalue weighted by atomic mass is 9.93. The van der Waals surface area contributed by atoms with Gasteiger partial charge >= 0.3 is 0 Å². The molecule has 1 saturated heterocycles. The monoisotopic (exact) mass is 299 g/mol. The van der Waals surface area contributed by atoms with Crippen molar-refractivity contribution in [2.24, 2.45) is 5.41 Å². The van der Waals surface area contributed by atoms with E-state index >= 15 is 0 Å². The van der Waals surface area contributed by atoms with Crippen LogP contribution in [-0.2, 0) is 9.59 Å². The second-order valence-corrected chi connectivity index (χ2v) is 6.23. The number of aryl methyl sites for hydroxylation is 1. The van der Waals surface area contributed by atoms with Gasteiger partial charge in [0.25, 0.3) is 0 Å². The Kier molecular flexibility index (Phi) is 4.51. The number of nitrogens with zero attached hydrogens (tertiary/aromatic N) is 2. The molecule has 5 heteroatoms. The molecule has 1 aromatic carbocycles. The van der Waals surface area contributed by atoms with Crippen molar-refractivity contribution in [1.82, 2.24) is 5.32 Å². The fourth-order valence-corrected chi connectivity index (χ4v) is 2.38. The largest absolute Gasteiger partial charge is 0.343 e. The molecule has 0 saturated carbocycles. The van der Waals surface area contributed by atoms with E-state index in [-0.39, 0.29) is 5.91 Å². The molecular formula is C17H21N3O2. The SMILES string of the molecule is Cc1ccc(N2CCC[C@@H](NC(=O)C(C)(C)C#N)C2=O)cc1. The fourth-order valence-electron chi connectivity index (χ4n) is 2.38. The minimum absolute atomic E-state index is 0.114. The van der Waals surface area contributed by atoms with Crippen LogP contribution in [0.2, 0.25) is 0 Å². The number of carbonyl (C=O) groups is 2. The Morgan fingerprint density at radius 1 is 1.36 bits per heavy atom. The summed E-state index contributed by atoms with van der Waals surface area (Å²) in [5, 5.41) is 11.7. The van der Waals surface area contributed by atoms with Crippen molar-refractivity contribution in [3.8, 4) is 6.07 Å². The van der Waals surface area contributed by atoms with Crippen LogP contribution in [0.15, 0.2) is 24.3 Å². The highest BCUT2D eigenvalue weighted by atomic mass is 16.2. The Hall–Kier alpha value is -2.35. The zero-order chi connectivity index (χ0) is 16.3. The number of anilines is 1. The van der Waals surface area contributed by atoms with E-state index in [1.807, 2.05) is 37.3 Å². The van der Waals surface area contributed by atoms with E-state index in [0.29, 0.717) is 13.0 Å². The molecule has 0 unspecified atom stereocenters. The summed E-state index contributed by atoms with van der Waals surface area (Å²) in [5.41, 5.74) is 0.842. The summed E-state index contributed by atoms with van der Waals surface area (Å²) in [6, 6.07) is 9.15. The van der Waals surface area contributed by atoms with Gasteiger partial charge in [-0.25, -0.2) is 0 Å². The molecule has 22 heavy (non-hydrogen) atoms. The van der Waals surface area contributed by atoms with Crippen molar-refractivity contribution in [2.45, 2.75) is 39.7 Å². The third-order valence-corrected chi connectivity index (χ3v) is 3.94. The molecule has 2 amide bonds. The molecule has 1 N–H and O–H groups in total. The minimum Gasteiger partial charge on any atom is -0.343 e. The number of benzene rings is 1. The van der Waals surface area contributed by atoms with Gasteiger partial charge in [0.1, 0.15) is 11.5 Å². The van der Waals surface area contributed by atoms with Crippen LogP contribution in [0.1, 0.15) is 32.3 Å². The first kappa shape index (κ1) is 16.0. The molecular weight excluding hydrogens is 278 g/mol. The number of piperidine rings is 1. The highest BCUT2D eigenvalue weighted by Crippen LogP contribution is 2.22. The van der Waals surface area contributed by atoms with Crippen LogP contribution in [0.4, 0.5) is 5.69 Å². The zero-order valence-corrected chi connectivity index (χ0v) is 13.2. The molecule has 0 aromatic heterocycles. The summed E-state index contributed by atoms with van der Waals surface area (Å²) in [4.78, 5) is 26.4. The predicted octanol–water partition coefficient (Wildman–Crippen LogP) is 2.16. The standard InChI is InChI=1S/C17H21N3O2/c1-12-6-8-13(9-7-12)20-10-4-5-14(15(20)21)19-16(22)17(2,3)11-18/h6-9,14H,4-5,10H2,1-3H3,(H,19,22)/t14-/m1/s1. The van der Waals surface area contributed by atoms with Crippen LogP contribution in [0.3, 0.4) is 0 Å². The summed E-state index contributed by atoms with van der Waals surface area (Å²) in [7, 11) is 0. The van der Waals surface area contributed by atoms with Crippen LogP contribution in [0, 0.1) is 23.7 Å². The maximum atomic E-state index is 12.6. The third-order valence-electron chi connectivity index (χ3n) is 3.94. The normalized spacial score (nSPS) is 18.7. The van der Waals surface area contributed by atoms with E-state index in [1.54, 1.807) is 18.7 Å². The van der Waals surface area contributed by atoms with E-state index in [4.69, 9.17) is 5.26 Å². The van der Waals surface area contributed by atoms with E-state index in [1.165, 1.54) is 0 Å². The fraction of sp³-hybridized carbons (Fsp3) is 0.471. The molecule has 5 nitrogen and oxygen atoms in total. The first-order valence-electron chi connectivity index (χ1n) is 7.45. The van der Waals surface area contributed by atoms with Crippen LogP contribution >= 0.6 is 0 Å². The first-order chi connectivity index (χ1) is 10.3. The number of nitrogens with one attached hydrogen (secondary N) is 1. The number of rotatable bonds is 3. The van der Waals surface area contributed by atoms with Gasteiger partial charge in [-0.1, -0.05) is 17.7 Å². The summed E-state index contributed by atoms with van der Waals surface area (Å²) >= 11 is 0. The van der Waals surface area contributed by atoms with Crippen molar-refractivity contribution in [3.63, 3.8) is 0 Å². The molecule has 1 heterocycles. The van der Waals surface area contributed by atoms with Gasteiger partial charge in [-0.3, -0.25) is 9.59 Å². The Morgan fingerprint density at radius 2 is 2.00 bits per heavy atom. The molecule has 2 rings (SSSR count). The molecule has 0 bridgehead atoms. The zero-order valence-electron chi connectivity index (χ0n) is 13.2. The minimum atomic E-state index is -1.13. The molecule has 0 aliphatic carbocycles. The topological polar surface area (TPSA) is 73.2 Å². The van der Waals surface area contributed by atoms with Crippen molar-refractivity contribution in [1.29, 1.82) is 5.26 Å².